The van der Waals surface area contributed by atoms with Crippen molar-refractivity contribution in [2.24, 2.45) is 0 Å². The fraction of sp³-hybridized carbons (Fsp3) is 0.263. The number of hydrogen-bond acceptors (Lipinski definition) is 4. The standard InChI is InChI=1S/C19H19Cl2NO4/c1-2-10-26-13-8-6-12(7-9-13)16(11-17(23)24)22-19(25)18-14(20)4-3-5-15(18)21/h3-9,16H,2,10-11H2,1H3,(H,22,25)(H,23,24)/p-1. The van der Waals surface area contributed by atoms with Gasteiger partial charge in [0.1, 0.15) is 5.75 Å². The van der Waals surface area contributed by atoms with Crippen molar-refractivity contribution in [3.05, 3.63) is 63.6 Å². The summed E-state index contributed by atoms with van der Waals surface area (Å²) in [5, 5.41) is 14.1. The highest BCUT2D eigenvalue weighted by atomic mass is 35.5. The second-order valence-electron chi connectivity index (χ2n) is 5.62. The number of rotatable bonds is 8. The highest BCUT2D eigenvalue weighted by Crippen LogP contribution is 2.26. The number of benzene rings is 2. The van der Waals surface area contributed by atoms with Crippen LogP contribution in [0.2, 0.25) is 10.0 Å². The van der Waals surface area contributed by atoms with E-state index in [0.29, 0.717) is 17.9 Å². The zero-order valence-electron chi connectivity index (χ0n) is 14.1. The van der Waals surface area contributed by atoms with Gasteiger partial charge in [-0.25, -0.2) is 0 Å². The third-order valence-corrected chi connectivity index (χ3v) is 4.25. The Morgan fingerprint density at radius 1 is 1.12 bits per heavy atom. The molecule has 1 amide bonds. The number of carbonyl (C=O) groups excluding carboxylic acids is 2. The zero-order chi connectivity index (χ0) is 19.1. The quantitative estimate of drug-likeness (QED) is 0.743. The molecule has 0 aliphatic carbocycles. The van der Waals surface area contributed by atoms with Gasteiger partial charge in [-0.3, -0.25) is 4.79 Å². The maximum absolute atomic E-state index is 12.5. The number of hydrogen-bond donors (Lipinski definition) is 1. The average molecular weight is 395 g/mol. The van der Waals surface area contributed by atoms with E-state index in [2.05, 4.69) is 5.32 Å². The van der Waals surface area contributed by atoms with E-state index in [1.807, 2.05) is 6.92 Å². The van der Waals surface area contributed by atoms with Crippen LogP contribution in [-0.2, 0) is 4.79 Å². The van der Waals surface area contributed by atoms with Gasteiger partial charge in [-0.2, -0.15) is 0 Å². The Kier molecular flexibility index (Phi) is 7.30. The lowest BCUT2D eigenvalue weighted by Gasteiger charge is -2.21. The molecule has 1 atom stereocenters. The molecule has 2 rings (SSSR count). The second kappa shape index (κ2) is 9.46. The summed E-state index contributed by atoms with van der Waals surface area (Å²) in [4.78, 5) is 23.6. The molecule has 7 heteroatoms. The molecule has 0 radical (unpaired) electrons. The van der Waals surface area contributed by atoms with E-state index in [9.17, 15) is 14.7 Å². The molecule has 0 saturated heterocycles. The minimum atomic E-state index is -1.29. The van der Waals surface area contributed by atoms with E-state index >= 15 is 0 Å². The molecule has 138 valence electrons. The minimum Gasteiger partial charge on any atom is -0.550 e. The second-order valence-corrected chi connectivity index (χ2v) is 6.43. The lowest BCUT2D eigenvalue weighted by molar-refractivity contribution is -0.306. The lowest BCUT2D eigenvalue weighted by Crippen LogP contribution is -2.34. The largest absolute Gasteiger partial charge is 0.550 e. The highest BCUT2D eigenvalue weighted by Gasteiger charge is 2.20. The summed E-state index contributed by atoms with van der Waals surface area (Å²) in [6, 6.07) is 10.8. The van der Waals surface area contributed by atoms with Crippen LogP contribution in [0.4, 0.5) is 0 Å². The number of aliphatic carboxylic acids is 1. The smallest absolute Gasteiger partial charge is 0.254 e. The summed E-state index contributed by atoms with van der Waals surface area (Å²) in [5.41, 5.74) is 0.705. The van der Waals surface area contributed by atoms with Gasteiger partial charge in [0, 0.05) is 12.4 Å². The van der Waals surface area contributed by atoms with Crippen molar-refractivity contribution in [1.82, 2.24) is 5.32 Å². The van der Waals surface area contributed by atoms with Gasteiger partial charge in [0.25, 0.3) is 5.91 Å². The van der Waals surface area contributed by atoms with Crippen LogP contribution < -0.4 is 15.2 Å². The summed E-state index contributed by atoms with van der Waals surface area (Å²) >= 11 is 12.1. The van der Waals surface area contributed by atoms with Crippen molar-refractivity contribution < 1.29 is 19.4 Å². The van der Waals surface area contributed by atoms with Crippen LogP contribution in [0.1, 0.15) is 41.7 Å². The fourth-order valence-corrected chi connectivity index (χ4v) is 2.95. The molecule has 1 unspecified atom stereocenters. The number of amides is 1. The maximum Gasteiger partial charge on any atom is 0.254 e. The molecule has 26 heavy (non-hydrogen) atoms. The summed E-state index contributed by atoms with van der Waals surface area (Å²) in [7, 11) is 0. The van der Waals surface area contributed by atoms with Crippen LogP contribution in [0, 0.1) is 0 Å². The molecule has 0 spiro atoms. The van der Waals surface area contributed by atoms with Gasteiger partial charge in [0.2, 0.25) is 0 Å². The predicted molar refractivity (Wildman–Crippen MR) is 98.5 cm³/mol. The predicted octanol–water partition coefficient (Wildman–Crippen LogP) is 3.39. The fourth-order valence-electron chi connectivity index (χ4n) is 2.38. The molecule has 0 heterocycles. The van der Waals surface area contributed by atoms with Gasteiger partial charge < -0.3 is 20.0 Å². The Morgan fingerprint density at radius 3 is 2.27 bits per heavy atom. The first-order chi connectivity index (χ1) is 12.4. The highest BCUT2D eigenvalue weighted by molar-refractivity contribution is 6.39. The zero-order valence-corrected chi connectivity index (χ0v) is 15.6. The van der Waals surface area contributed by atoms with Crippen molar-refractivity contribution in [3.8, 4) is 5.75 Å². The molecule has 1 N–H and O–H groups in total. The normalized spacial score (nSPS) is 11.7. The lowest BCUT2D eigenvalue weighted by atomic mass is 10.0. The number of ether oxygens (including phenoxy) is 1. The molecule has 5 nitrogen and oxygen atoms in total. The molecule has 0 aromatic heterocycles. The number of carboxylic acids is 1. The van der Waals surface area contributed by atoms with Gasteiger partial charge in [-0.1, -0.05) is 48.3 Å². The van der Waals surface area contributed by atoms with Gasteiger partial charge in [-0.15, -0.1) is 0 Å². The molecule has 0 bridgehead atoms. The van der Waals surface area contributed by atoms with Crippen LogP contribution in [0.5, 0.6) is 5.75 Å². The summed E-state index contributed by atoms with van der Waals surface area (Å²) in [6.45, 7) is 2.59. The molecular weight excluding hydrogens is 377 g/mol. The summed E-state index contributed by atoms with van der Waals surface area (Å²) in [5.74, 6) is -1.17. The molecule has 2 aromatic rings. The van der Waals surface area contributed by atoms with Crippen LogP contribution in [0.3, 0.4) is 0 Å². The van der Waals surface area contributed by atoms with Gasteiger partial charge in [0.05, 0.1) is 28.3 Å². The molecule has 0 saturated carbocycles. The van der Waals surface area contributed by atoms with Crippen molar-refractivity contribution in [1.29, 1.82) is 0 Å². The maximum atomic E-state index is 12.5. The Morgan fingerprint density at radius 2 is 1.73 bits per heavy atom. The Bertz CT molecular complexity index is 757. The Balaban J connectivity index is 2.22. The number of halogens is 2. The number of nitrogens with one attached hydrogen (secondary N) is 1. The Labute approximate surface area is 161 Å². The van der Waals surface area contributed by atoms with E-state index < -0.39 is 17.9 Å². The van der Waals surface area contributed by atoms with Crippen LogP contribution >= 0.6 is 23.2 Å². The number of carboxylic acid groups (broad SMARTS) is 1. The van der Waals surface area contributed by atoms with Crippen molar-refractivity contribution in [3.63, 3.8) is 0 Å². The van der Waals surface area contributed by atoms with E-state index in [4.69, 9.17) is 27.9 Å². The first-order valence-corrected chi connectivity index (χ1v) is 8.85. The van der Waals surface area contributed by atoms with Gasteiger partial charge in [0.15, 0.2) is 0 Å². The average Bonchev–Trinajstić information content (AvgIpc) is 2.59. The third-order valence-electron chi connectivity index (χ3n) is 3.62. The minimum absolute atomic E-state index is 0.0991. The van der Waals surface area contributed by atoms with Gasteiger partial charge >= 0.3 is 0 Å². The first kappa shape index (κ1) is 20.1. The third kappa shape index (κ3) is 5.38. The SMILES string of the molecule is CCCOc1ccc(C(CC(=O)[O-])NC(=O)c2c(Cl)cccc2Cl)cc1. The molecule has 0 fully saturated rings. The van der Waals surface area contributed by atoms with E-state index in [0.717, 1.165) is 6.42 Å². The first-order valence-electron chi connectivity index (χ1n) is 8.09. The van der Waals surface area contributed by atoms with Gasteiger partial charge in [-0.05, 0) is 36.2 Å². The molecule has 2 aromatic carbocycles. The van der Waals surface area contributed by atoms with Crippen LogP contribution in [0.25, 0.3) is 0 Å². The molecule has 0 aliphatic rings. The molecule has 0 aliphatic heterocycles. The van der Waals surface area contributed by atoms with Crippen LogP contribution in [0.15, 0.2) is 42.5 Å². The van der Waals surface area contributed by atoms with E-state index in [1.54, 1.807) is 30.3 Å². The van der Waals surface area contributed by atoms with Crippen molar-refractivity contribution in [2.45, 2.75) is 25.8 Å². The Hall–Kier alpha value is -2.24. The van der Waals surface area contributed by atoms with E-state index in [1.165, 1.54) is 12.1 Å². The van der Waals surface area contributed by atoms with Crippen LogP contribution in [-0.4, -0.2) is 18.5 Å². The topological polar surface area (TPSA) is 78.5 Å². The number of carbonyl (C=O) groups is 2. The molecular formula is C19H18Cl2NO4-. The monoisotopic (exact) mass is 394 g/mol. The summed E-state index contributed by atoms with van der Waals surface area (Å²) < 4.78 is 5.50. The van der Waals surface area contributed by atoms with E-state index in [-0.39, 0.29) is 22.0 Å². The summed E-state index contributed by atoms with van der Waals surface area (Å²) in [6.07, 6.45) is 0.493. The van der Waals surface area contributed by atoms with Crippen molar-refractivity contribution in [2.75, 3.05) is 6.61 Å². The van der Waals surface area contributed by atoms with Crippen molar-refractivity contribution >= 4 is 35.1 Å².